The Labute approximate surface area is 139 Å². The molecule has 0 fully saturated rings. The number of halogens is 6. The van der Waals surface area contributed by atoms with Gasteiger partial charge in [0.05, 0.1) is 13.2 Å². The molecular formula is C16H13F6NO2. The van der Waals surface area contributed by atoms with Gasteiger partial charge in [-0.3, -0.25) is 0 Å². The maximum absolute atomic E-state index is 13.7. The summed E-state index contributed by atoms with van der Waals surface area (Å²) in [4.78, 5) is 0. The Balaban J connectivity index is 2.34. The summed E-state index contributed by atoms with van der Waals surface area (Å²) in [6, 6.07) is 4.90. The van der Waals surface area contributed by atoms with Crippen molar-refractivity contribution in [2.24, 2.45) is 5.73 Å². The first kappa shape index (κ1) is 18.9. The number of ether oxygens (including phenoxy) is 2. The molecule has 136 valence electrons. The third-order valence-electron chi connectivity index (χ3n) is 3.30. The van der Waals surface area contributed by atoms with Gasteiger partial charge in [0.25, 0.3) is 0 Å². The highest BCUT2D eigenvalue weighted by Crippen LogP contribution is 2.31. The van der Waals surface area contributed by atoms with E-state index in [4.69, 9.17) is 10.5 Å². The zero-order chi connectivity index (χ0) is 18.8. The van der Waals surface area contributed by atoms with Crippen LogP contribution in [0.4, 0.5) is 26.3 Å². The van der Waals surface area contributed by atoms with Crippen LogP contribution >= 0.6 is 0 Å². The number of rotatable bonds is 6. The van der Waals surface area contributed by atoms with Crippen LogP contribution < -0.4 is 15.2 Å². The minimum atomic E-state index is -4.79. The molecule has 2 N–H and O–H groups in total. The second-order valence-corrected chi connectivity index (χ2v) is 5.06. The van der Waals surface area contributed by atoms with Crippen molar-refractivity contribution in [2.45, 2.75) is 18.6 Å². The summed E-state index contributed by atoms with van der Waals surface area (Å²) >= 11 is 0. The topological polar surface area (TPSA) is 44.5 Å². The third-order valence-corrected chi connectivity index (χ3v) is 3.30. The van der Waals surface area contributed by atoms with Crippen molar-refractivity contribution in [2.75, 3.05) is 7.11 Å². The molecular weight excluding hydrogens is 352 g/mol. The molecule has 2 aromatic rings. The van der Waals surface area contributed by atoms with Crippen LogP contribution in [-0.4, -0.2) is 19.6 Å². The number of benzene rings is 2. The molecule has 1 unspecified atom stereocenters. The zero-order valence-electron chi connectivity index (χ0n) is 12.8. The van der Waals surface area contributed by atoms with Crippen LogP contribution in [0.25, 0.3) is 0 Å². The fraction of sp³-hybridized carbons (Fsp3) is 0.250. The standard InChI is InChI=1S/C16H13F6NO2/c1-24-13-3-2-8(6-12(13)18)14(23)9-4-10(17)7-11(5-9)25-16(21,22)15(19)20/h2-7,14-15H,23H2,1H3. The van der Waals surface area contributed by atoms with Gasteiger partial charge in [-0.1, -0.05) is 6.07 Å². The molecule has 0 aliphatic carbocycles. The zero-order valence-corrected chi connectivity index (χ0v) is 12.8. The van der Waals surface area contributed by atoms with Gasteiger partial charge in [-0.2, -0.15) is 17.6 Å². The van der Waals surface area contributed by atoms with Gasteiger partial charge in [0, 0.05) is 6.07 Å². The number of methoxy groups -OCH3 is 1. The summed E-state index contributed by atoms with van der Waals surface area (Å²) in [5.74, 6) is -2.63. The van der Waals surface area contributed by atoms with E-state index in [1.54, 1.807) is 0 Å². The Morgan fingerprint density at radius 3 is 2.24 bits per heavy atom. The maximum atomic E-state index is 13.7. The molecule has 9 heteroatoms. The number of alkyl halides is 4. The van der Waals surface area contributed by atoms with E-state index in [1.165, 1.54) is 19.2 Å². The summed E-state index contributed by atoms with van der Waals surface area (Å²) in [6.07, 6.45) is -8.88. The monoisotopic (exact) mass is 365 g/mol. The molecule has 0 spiro atoms. The van der Waals surface area contributed by atoms with Crippen LogP contribution in [0.15, 0.2) is 36.4 Å². The van der Waals surface area contributed by atoms with E-state index in [1.807, 2.05) is 0 Å². The Hall–Kier alpha value is -2.42. The first-order valence-corrected chi connectivity index (χ1v) is 6.88. The minimum absolute atomic E-state index is 0.0456. The number of hydrogen-bond acceptors (Lipinski definition) is 3. The molecule has 2 rings (SSSR count). The Bertz CT molecular complexity index is 753. The highest BCUT2D eigenvalue weighted by molar-refractivity contribution is 5.39. The quantitative estimate of drug-likeness (QED) is 0.778. The lowest BCUT2D eigenvalue weighted by molar-refractivity contribution is -0.253. The van der Waals surface area contributed by atoms with E-state index in [2.05, 4.69) is 4.74 Å². The summed E-state index contributed by atoms with van der Waals surface area (Å²) in [7, 11) is 1.26. The Kier molecular flexibility index (Phi) is 5.46. The average Bonchev–Trinajstić information content (AvgIpc) is 2.52. The van der Waals surface area contributed by atoms with Crippen LogP contribution in [0, 0.1) is 11.6 Å². The molecule has 2 aromatic carbocycles. The van der Waals surface area contributed by atoms with E-state index in [0.29, 0.717) is 6.07 Å². The minimum Gasteiger partial charge on any atom is -0.494 e. The number of hydrogen-bond donors (Lipinski definition) is 1. The average molecular weight is 365 g/mol. The molecule has 0 bridgehead atoms. The van der Waals surface area contributed by atoms with Crippen LogP contribution in [0.3, 0.4) is 0 Å². The van der Waals surface area contributed by atoms with Gasteiger partial charge in [-0.15, -0.1) is 0 Å². The molecule has 0 saturated heterocycles. The van der Waals surface area contributed by atoms with E-state index in [-0.39, 0.29) is 16.9 Å². The predicted octanol–water partition coefficient (Wildman–Crippen LogP) is 4.26. The van der Waals surface area contributed by atoms with E-state index >= 15 is 0 Å². The molecule has 25 heavy (non-hydrogen) atoms. The van der Waals surface area contributed by atoms with Crippen molar-refractivity contribution in [3.63, 3.8) is 0 Å². The van der Waals surface area contributed by atoms with Crippen LogP contribution in [0.5, 0.6) is 11.5 Å². The fourth-order valence-electron chi connectivity index (χ4n) is 2.09. The van der Waals surface area contributed by atoms with Crippen LogP contribution in [0.2, 0.25) is 0 Å². The fourth-order valence-corrected chi connectivity index (χ4v) is 2.09. The molecule has 0 saturated carbocycles. The largest absolute Gasteiger partial charge is 0.494 e. The molecule has 3 nitrogen and oxygen atoms in total. The van der Waals surface area contributed by atoms with E-state index in [0.717, 1.165) is 18.2 Å². The molecule has 0 aliphatic heterocycles. The van der Waals surface area contributed by atoms with Crippen molar-refractivity contribution in [1.82, 2.24) is 0 Å². The van der Waals surface area contributed by atoms with Crippen molar-refractivity contribution < 1.29 is 35.8 Å². The SMILES string of the molecule is COc1ccc(C(N)c2cc(F)cc(OC(F)(F)C(F)F)c2)cc1F. The highest BCUT2D eigenvalue weighted by atomic mass is 19.3. The third kappa shape index (κ3) is 4.36. The summed E-state index contributed by atoms with van der Waals surface area (Å²) in [5.41, 5.74) is 6.00. The molecule has 0 aromatic heterocycles. The highest BCUT2D eigenvalue weighted by Gasteiger charge is 2.44. The first-order valence-electron chi connectivity index (χ1n) is 6.88. The second-order valence-electron chi connectivity index (χ2n) is 5.06. The van der Waals surface area contributed by atoms with Crippen molar-refractivity contribution >= 4 is 0 Å². The summed E-state index contributed by atoms with van der Waals surface area (Å²) < 4.78 is 86.3. The lowest BCUT2D eigenvalue weighted by atomic mass is 9.99. The van der Waals surface area contributed by atoms with Crippen molar-refractivity contribution in [1.29, 1.82) is 0 Å². The number of nitrogens with two attached hydrogens (primary N) is 1. The van der Waals surface area contributed by atoms with Crippen molar-refractivity contribution in [3.05, 3.63) is 59.2 Å². The molecule has 1 atom stereocenters. The second kappa shape index (κ2) is 7.22. The van der Waals surface area contributed by atoms with E-state index in [9.17, 15) is 26.3 Å². The van der Waals surface area contributed by atoms with Gasteiger partial charge in [0.15, 0.2) is 11.6 Å². The predicted molar refractivity (Wildman–Crippen MR) is 77.0 cm³/mol. The van der Waals surface area contributed by atoms with Gasteiger partial charge >= 0.3 is 12.5 Å². The van der Waals surface area contributed by atoms with E-state index < -0.39 is 36.0 Å². The van der Waals surface area contributed by atoms with Gasteiger partial charge in [0.2, 0.25) is 0 Å². The first-order chi connectivity index (χ1) is 11.6. The summed E-state index contributed by atoms with van der Waals surface area (Å²) in [5, 5.41) is 0. The molecule has 0 radical (unpaired) electrons. The molecule has 0 heterocycles. The maximum Gasteiger partial charge on any atom is 0.461 e. The van der Waals surface area contributed by atoms with Gasteiger partial charge in [-0.05, 0) is 35.4 Å². The Morgan fingerprint density at radius 2 is 1.68 bits per heavy atom. The van der Waals surface area contributed by atoms with Gasteiger partial charge < -0.3 is 15.2 Å². The van der Waals surface area contributed by atoms with Crippen molar-refractivity contribution in [3.8, 4) is 11.5 Å². The van der Waals surface area contributed by atoms with Gasteiger partial charge in [-0.25, -0.2) is 8.78 Å². The molecule has 0 aliphatic rings. The van der Waals surface area contributed by atoms with Crippen LogP contribution in [-0.2, 0) is 0 Å². The lowest BCUT2D eigenvalue weighted by Crippen LogP contribution is -2.33. The smallest absolute Gasteiger partial charge is 0.461 e. The normalized spacial score (nSPS) is 13.0. The van der Waals surface area contributed by atoms with Gasteiger partial charge in [0.1, 0.15) is 11.6 Å². The lowest BCUT2D eigenvalue weighted by Gasteiger charge is -2.19. The Morgan fingerprint density at radius 1 is 1.00 bits per heavy atom. The summed E-state index contributed by atoms with van der Waals surface area (Å²) in [6.45, 7) is 0. The molecule has 0 amide bonds. The van der Waals surface area contributed by atoms with Crippen LogP contribution in [0.1, 0.15) is 17.2 Å².